The number of anilines is 4. The molecular weight excluding hydrogens is 480 g/mol. The molecule has 2 aromatic carbocycles. The number of fused-ring (bicyclic) bond motifs is 2. The summed E-state index contributed by atoms with van der Waals surface area (Å²) in [5.74, 6) is 1.84. The first kappa shape index (κ1) is 25.9. The molecule has 38 heavy (non-hydrogen) atoms. The summed E-state index contributed by atoms with van der Waals surface area (Å²) >= 11 is 0. The van der Waals surface area contributed by atoms with Gasteiger partial charge < -0.3 is 30.5 Å². The standard InChI is InChI=1S/C28H36N8O2/c1-18(2)29-26-32-25(33-27(34-26)36-23-13-14-24(36)17-38-16-23)20-7-11-22(12-8-20)31-28(37)30-21-9-5-19(6-10-21)15-35(3)4/h5-12,18,23-24H,13-17H2,1-4H3,(H2,30,31,37)(H,29,32,33,34). The van der Waals surface area contributed by atoms with Gasteiger partial charge in [-0.1, -0.05) is 12.1 Å². The number of hydrogen-bond donors (Lipinski definition) is 3. The number of carbonyl (C=O) groups excluding carboxylic acids is 1. The molecule has 3 N–H and O–H groups in total. The molecule has 3 heterocycles. The normalized spacial score (nSPS) is 18.6. The van der Waals surface area contributed by atoms with Crippen LogP contribution in [-0.2, 0) is 11.3 Å². The Balaban J connectivity index is 1.29. The molecular formula is C28H36N8O2. The molecule has 5 rings (SSSR count). The topological polar surface area (TPSA) is 108 Å². The third-order valence-corrected chi connectivity index (χ3v) is 6.62. The van der Waals surface area contributed by atoms with E-state index in [-0.39, 0.29) is 12.1 Å². The van der Waals surface area contributed by atoms with Crippen LogP contribution in [0, 0.1) is 0 Å². The van der Waals surface area contributed by atoms with Crippen LogP contribution in [0.5, 0.6) is 0 Å². The van der Waals surface area contributed by atoms with Crippen LogP contribution in [0.1, 0.15) is 32.3 Å². The van der Waals surface area contributed by atoms with Gasteiger partial charge in [0.1, 0.15) is 0 Å². The van der Waals surface area contributed by atoms with Crippen LogP contribution in [0.4, 0.5) is 28.1 Å². The van der Waals surface area contributed by atoms with Crippen LogP contribution in [0.3, 0.4) is 0 Å². The van der Waals surface area contributed by atoms with Crippen molar-refractivity contribution in [3.05, 3.63) is 54.1 Å². The van der Waals surface area contributed by atoms with Gasteiger partial charge in [0.05, 0.1) is 25.3 Å². The van der Waals surface area contributed by atoms with Gasteiger partial charge in [0.15, 0.2) is 5.82 Å². The van der Waals surface area contributed by atoms with E-state index in [1.165, 1.54) is 5.56 Å². The zero-order chi connectivity index (χ0) is 26.6. The fraction of sp³-hybridized carbons (Fsp3) is 0.429. The van der Waals surface area contributed by atoms with E-state index in [1.807, 2.05) is 62.6 Å². The van der Waals surface area contributed by atoms with Crippen molar-refractivity contribution in [2.24, 2.45) is 0 Å². The number of amides is 2. The number of urea groups is 1. The molecule has 2 amide bonds. The van der Waals surface area contributed by atoms with Gasteiger partial charge in [0, 0.05) is 29.5 Å². The Morgan fingerprint density at radius 1 is 0.947 bits per heavy atom. The van der Waals surface area contributed by atoms with E-state index >= 15 is 0 Å². The molecule has 2 unspecified atom stereocenters. The Hall–Kier alpha value is -3.76. The molecule has 0 radical (unpaired) electrons. The molecule has 0 spiro atoms. The van der Waals surface area contributed by atoms with Crippen LogP contribution in [0.25, 0.3) is 11.4 Å². The first-order valence-corrected chi connectivity index (χ1v) is 13.1. The summed E-state index contributed by atoms with van der Waals surface area (Å²) in [6.45, 7) is 6.38. The van der Waals surface area contributed by atoms with Crippen molar-refractivity contribution in [3.63, 3.8) is 0 Å². The van der Waals surface area contributed by atoms with Gasteiger partial charge in [-0.15, -0.1) is 0 Å². The van der Waals surface area contributed by atoms with Crippen molar-refractivity contribution in [2.45, 2.75) is 51.4 Å². The van der Waals surface area contributed by atoms with Crippen molar-refractivity contribution in [1.29, 1.82) is 0 Å². The highest BCUT2D eigenvalue weighted by Crippen LogP contribution is 2.33. The third-order valence-electron chi connectivity index (χ3n) is 6.62. The van der Waals surface area contributed by atoms with E-state index in [0.29, 0.717) is 48.7 Å². The molecule has 10 nitrogen and oxygen atoms in total. The Bertz CT molecular complexity index is 1230. The number of hydrogen-bond acceptors (Lipinski definition) is 8. The number of nitrogens with zero attached hydrogens (tertiary/aromatic N) is 5. The minimum absolute atomic E-state index is 0.189. The average molecular weight is 517 g/mol. The molecule has 2 atom stereocenters. The second kappa shape index (κ2) is 11.3. The lowest BCUT2D eigenvalue weighted by molar-refractivity contribution is 0.0897. The number of benzene rings is 2. The van der Waals surface area contributed by atoms with Crippen LogP contribution >= 0.6 is 0 Å². The molecule has 0 aliphatic carbocycles. The summed E-state index contributed by atoms with van der Waals surface area (Å²) < 4.78 is 5.75. The molecule has 1 aromatic heterocycles. The second-order valence-corrected chi connectivity index (χ2v) is 10.5. The van der Waals surface area contributed by atoms with E-state index in [4.69, 9.17) is 14.7 Å². The minimum atomic E-state index is -0.299. The zero-order valence-electron chi connectivity index (χ0n) is 22.4. The summed E-state index contributed by atoms with van der Waals surface area (Å²) in [5, 5.41) is 9.10. The van der Waals surface area contributed by atoms with Crippen molar-refractivity contribution in [1.82, 2.24) is 19.9 Å². The van der Waals surface area contributed by atoms with E-state index in [2.05, 4.69) is 44.6 Å². The van der Waals surface area contributed by atoms with Gasteiger partial charge in [-0.2, -0.15) is 15.0 Å². The Labute approximate surface area is 223 Å². The first-order chi connectivity index (χ1) is 18.3. The fourth-order valence-electron chi connectivity index (χ4n) is 4.94. The average Bonchev–Trinajstić information content (AvgIpc) is 3.13. The number of morpholine rings is 1. The molecule has 3 aromatic rings. The number of aromatic nitrogens is 3. The minimum Gasteiger partial charge on any atom is -0.377 e. The summed E-state index contributed by atoms with van der Waals surface area (Å²) in [4.78, 5) is 31.2. The lowest BCUT2D eigenvalue weighted by Crippen LogP contribution is -2.47. The highest BCUT2D eigenvalue weighted by atomic mass is 16.5. The Morgan fingerprint density at radius 3 is 2.13 bits per heavy atom. The maximum Gasteiger partial charge on any atom is 0.323 e. The van der Waals surface area contributed by atoms with Crippen molar-refractivity contribution in [3.8, 4) is 11.4 Å². The fourth-order valence-corrected chi connectivity index (χ4v) is 4.94. The summed E-state index contributed by atoms with van der Waals surface area (Å²) in [5.41, 5.74) is 3.45. The largest absolute Gasteiger partial charge is 0.377 e. The molecule has 2 saturated heterocycles. The van der Waals surface area contributed by atoms with Gasteiger partial charge >= 0.3 is 6.03 Å². The molecule has 2 aliphatic heterocycles. The van der Waals surface area contributed by atoms with E-state index in [9.17, 15) is 4.79 Å². The van der Waals surface area contributed by atoms with Gasteiger partial charge in [0.25, 0.3) is 0 Å². The lowest BCUT2D eigenvalue weighted by Gasteiger charge is -2.34. The predicted molar refractivity (Wildman–Crippen MR) is 151 cm³/mol. The van der Waals surface area contributed by atoms with Crippen LogP contribution in [0.15, 0.2) is 48.5 Å². The Morgan fingerprint density at radius 2 is 1.55 bits per heavy atom. The van der Waals surface area contributed by atoms with Crippen molar-refractivity contribution >= 4 is 29.3 Å². The Kier molecular flexibility index (Phi) is 7.71. The molecule has 2 aliphatic rings. The van der Waals surface area contributed by atoms with Crippen LogP contribution in [0.2, 0.25) is 0 Å². The monoisotopic (exact) mass is 516 g/mol. The zero-order valence-corrected chi connectivity index (χ0v) is 22.4. The molecule has 0 saturated carbocycles. The number of ether oxygens (including phenoxy) is 1. The molecule has 200 valence electrons. The molecule has 10 heteroatoms. The number of carbonyl (C=O) groups is 1. The van der Waals surface area contributed by atoms with Gasteiger partial charge in [0.2, 0.25) is 11.9 Å². The summed E-state index contributed by atoms with van der Waals surface area (Å²) in [6.07, 6.45) is 2.17. The maximum absolute atomic E-state index is 12.5. The summed E-state index contributed by atoms with van der Waals surface area (Å²) in [6, 6.07) is 15.9. The van der Waals surface area contributed by atoms with Crippen molar-refractivity contribution < 1.29 is 9.53 Å². The highest BCUT2D eigenvalue weighted by Gasteiger charge is 2.39. The lowest BCUT2D eigenvalue weighted by atomic mass is 10.2. The molecule has 2 bridgehead atoms. The van der Waals surface area contributed by atoms with Gasteiger partial charge in [-0.25, -0.2) is 4.79 Å². The number of nitrogens with one attached hydrogen (secondary N) is 3. The second-order valence-electron chi connectivity index (χ2n) is 10.5. The smallest absolute Gasteiger partial charge is 0.323 e. The highest BCUT2D eigenvalue weighted by molar-refractivity contribution is 5.99. The van der Waals surface area contributed by atoms with Gasteiger partial charge in [-0.05, 0) is 82.7 Å². The number of rotatable bonds is 8. The maximum atomic E-state index is 12.5. The van der Waals surface area contributed by atoms with Crippen LogP contribution in [-0.4, -0.2) is 71.3 Å². The first-order valence-electron chi connectivity index (χ1n) is 13.1. The summed E-state index contributed by atoms with van der Waals surface area (Å²) in [7, 11) is 4.05. The quantitative estimate of drug-likeness (QED) is 0.404. The van der Waals surface area contributed by atoms with Crippen LogP contribution < -0.4 is 20.9 Å². The predicted octanol–water partition coefficient (Wildman–Crippen LogP) is 4.43. The van der Waals surface area contributed by atoms with E-state index in [0.717, 1.165) is 30.6 Å². The third kappa shape index (κ3) is 6.20. The molecule has 2 fully saturated rings. The van der Waals surface area contributed by atoms with E-state index in [1.54, 1.807) is 0 Å². The van der Waals surface area contributed by atoms with Gasteiger partial charge in [-0.3, -0.25) is 0 Å². The SMILES string of the molecule is CC(C)Nc1nc(-c2ccc(NC(=O)Nc3ccc(CN(C)C)cc3)cc2)nc(N2C3CCC2COC3)n1. The van der Waals surface area contributed by atoms with Crippen molar-refractivity contribution in [2.75, 3.05) is 48.2 Å². The van der Waals surface area contributed by atoms with E-state index < -0.39 is 0 Å².